The molecule has 1 aliphatic rings. The van der Waals surface area contributed by atoms with Gasteiger partial charge in [0.2, 0.25) is 0 Å². The number of benzene rings is 9. The summed E-state index contributed by atoms with van der Waals surface area (Å²) in [5.74, 6) is 0. The maximum absolute atomic E-state index is 2.47. The second-order valence-electron chi connectivity index (χ2n) is 14.1. The minimum atomic E-state index is -0.0527. The van der Waals surface area contributed by atoms with E-state index in [4.69, 9.17) is 0 Å². The maximum atomic E-state index is 2.47. The first kappa shape index (κ1) is 28.8. The molecular formula is C49H35N. The van der Waals surface area contributed by atoms with Crippen molar-refractivity contribution in [3.63, 3.8) is 0 Å². The SMILES string of the molecule is CC1(C)c2ccccc2-c2cc(N(c3ccc4c(ccc5ccc6ccccc6c54)c3)c3ccccc3-c3cccc4ccccc34)ccc21. The summed E-state index contributed by atoms with van der Waals surface area (Å²) in [7, 11) is 0. The van der Waals surface area contributed by atoms with E-state index >= 15 is 0 Å². The van der Waals surface area contributed by atoms with Crippen LogP contribution in [0.25, 0.3) is 65.3 Å². The van der Waals surface area contributed by atoms with Crippen LogP contribution in [0.2, 0.25) is 0 Å². The number of hydrogen-bond donors (Lipinski definition) is 0. The highest BCUT2D eigenvalue weighted by molar-refractivity contribution is 6.20. The molecule has 1 aliphatic carbocycles. The third-order valence-electron chi connectivity index (χ3n) is 11.0. The van der Waals surface area contributed by atoms with Gasteiger partial charge in [0.05, 0.1) is 5.69 Å². The molecule has 0 radical (unpaired) electrons. The Bertz CT molecular complexity index is 2800. The van der Waals surface area contributed by atoms with Crippen LogP contribution in [0.3, 0.4) is 0 Å². The number of nitrogens with zero attached hydrogens (tertiary/aromatic N) is 1. The lowest BCUT2D eigenvalue weighted by atomic mass is 9.82. The molecule has 0 spiro atoms. The van der Waals surface area contributed by atoms with Gasteiger partial charge in [-0.1, -0.05) is 159 Å². The summed E-state index contributed by atoms with van der Waals surface area (Å²) in [6.07, 6.45) is 0. The van der Waals surface area contributed by atoms with E-state index in [-0.39, 0.29) is 5.41 Å². The van der Waals surface area contributed by atoms with Gasteiger partial charge in [-0.3, -0.25) is 0 Å². The van der Waals surface area contributed by atoms with E-state index in [1.165, 1.54) is 76.5 Å². The Morgan fingerprint density at radius 2 is 0.920 bits per heavy atom. The Balaban J connectivity index is 1.24. The zero-order valence-electron chi connectivity index (χ0n) is 28.2. The molecule has 0 saturated heterocycles. The third-order valence-corrected chi connectivity index (χ3v) is 11.0. The molecule has 0 N–H and O–H groups in total. The van der Waals surface area contributed by atoms with Gasteiger partial charge in [-0.25, -0.2) is 0 Å². The van der Waals surface area contributed by atoms with Gasteiger partial charge in [0.1, 0.15) is 0 Å². The average Bonchev–Trinajstić information content (AvgIpc) is 3.40. The first-order chi connectivity index (χ1) is 24.6. The maximum Gasteiger partial charge on any atom is 0.0540 e. The molecule has 0 unspecified atom stereocenters. The number of rotatable bonds is 4. The van der Waals surface area contributed by atoms with Gasteiger partial charge in [-0.05, 0) is 101 Å². The predicted octanol–water partition coefficient (Wildman–Crippen LogP) is 13.7. The summed E-state index contributed by atoms with van der Waals surface area (Å²) >= 11 is 0. The van der Waals surface area contributed by atoms with Crippen LogP contribution in [0.15, 0.2) is 176 Å². The topological polar surface area (TPSA) is 3.24 Å². The number of anilines is 3. The Hall–Kier alpha value is -6.18. The number of hydrogen-bond acceptors (Lipinski definition) is 1. The standard InChI is InChI=1S/C49H35N/c1-49(2)45-20-9-7-17-42(45)44-31-37(27-29-46(44)49)50(47-21-10-8-18-43(47)41-19-11-14-32-12-3-5-15-38(32)41)36-26-28-40-35(30-36)25-24-34-23-22-33-13-4-6-16-39(33)48(34)40/h3-31H,1-2H3. The molecule has 0 saturated carbocycles. The Labute approximate surface area is 292 Å². The van der Waals surface area contributed by atoms with Gasteiger partial charge in [0.15, 0.2) is 0 Å². The van der Waals surface area contributed by atoms with E-state index in [9.17, 15) is 0 Å². The van der Waals surface area contributed by atoms with Crippen molar-refractivity contribution >= 4 is 60.2 Å². The molecule has 0 amide bonds. The first-order valence-corrected chi connectivity index (χ1v) is 17.5. The van der Waals surface area contributed by atoms with Crippen LogP contribution in [0.4, 0.5) is 17.1 Å². The lowest BCUT2D eigenvalue weighted by Gasteiger charge is -2.29. The highest BCUT2D eigenvalue weighted by atomic mass is 15.1. The molecule has 0 atom stereocenters. The highest BCUT2D eigenvalue weighted by Crippen LogP contribution is 2.51. The molecule has 1 heteroatoms. The largest absolute Gasteiger partial charge is 0.310 e. The van der Waals surface area contributed by atoms with Crippen molar-refractivity contribution in [3.05, 3.63) is 187 Å². The molecule has 0 bridgehead atoms. The number of para-hydroxylation sites is 1. The van der Waals surface area contributed by atoms with E-state index < -0.39 is 0 Å². The minimum absolute atomic E-state index is 0.0527. The molecule has 9 aromatic rings. The van der Waals surface area contributed by atoms with Crippen molar-refractivity contribution in [3.8, 4) is 22.3 Å². The van der Waals surface area contributed by atoms with Crippen molar-refractivity contribution in [2.45, 2.75) is 19.3 Å². The lowest BCUT2D eigenvalue weighted by molar-refractivity contribution is 0.660. The zero-order chi connectivity index (χ0) is 33.4. The molecule has 9 aromatic carbocycles. The van der Waals surface area contributed by atoms with Crippen LogP contribution < -0.4 is 4.90 Å². The second-order valence-corrected chi connectivity index (χ2v) is 14.1. The van der Waals surface area contributed by atoms with Crippen molar-refractivity contribution < 1.29 is 0 Å². The fraction of sp³-hybridized carbons (Fsp3) is 0.0612. The molecule has 236 valence electrons. The highest BCUT2D eigenvalue weighted by Gasteiger charge is 2.35. The van der Waals surface area contributed by atoms with Gasteiger partial charge in [-0.15, -0.1) is 0 Å². The van der Waals surface area contributed by atoms with E-state index in [0.717, 1.165) is 17.1 Å². The molecule has 1 nitrogen and oxygen atoms in total. The van der Waals surface area contributed by atoms with Gasteiger partial charge < -0.3 is 4.90 Å². The van der Waals surface area contributed by atoms with Gasteiger partial charge >= 0.3 is 0 Å². The molecule has 0 aliphatic heterocycles. The van der Waals surface area contributed by atoms with Crippen molar-refractivity contribution in [2.24, 2.45) is 0 Å². The van der Waals surface area contributed by atoms with Gasteiger partial charge in [-0.2, -0.15) is 0 Å². The summed E-state index contributed by atoms with van der Waals surface area (Å²) in [4.78, 5) is 2.47. The summed E-state index contributed by atoms with van der Waals surface area (Å²) in [5.41, 5.74) is 11.2. The Kier molecular flexibility index (Phi) is 6.29. The van der Waals surface area contributed by atoms with E-state index in [1.54, 1.807) is 0 Å². The monoisotopic (exact) mass is 637 g/mol. The second kappa shape index (κ2) is 10.9. The molecule has 50 heavy (non-hydrogen) atoms. The molecule has 10 rings (SSSR count). The van der Waals surface area contributed by atoms with Gasteiger partial charge in [0.25, 0.3) is 0 Å². The lowest BCUT2D eigenvalue weighted by Crippen LogP contribution is -2.15. The summed E-state index contributed by atoms with van der Waals surface area (Å²) in [5, 5.41) is 10.1. The molecule has 0 aromatic heterocycles. The Morgan fingerprint density at radius 3 is 1.78 bits per heavy atom. The smallest absolute Gasteiger partial charge is 0.0540 e. The van der Waals surface area contributed by atoms with Crippen LogP contribution in [0.5, 0.6) is 0 Å². The quantitative estimate of drug-likeness (QED) is 0.174. The fourth-order valence-corrected chi connectivity index (χ4v) is 8.59. The fourth-order valence-electron chi connectivity index (χ4n) is 8.59. The third kappa shape index (κ3) is 4.27. The zero-order valence-corrected chi connectivity index (χ0v) is 28.2. The van der Waals surface area contributed by atoms with Crippen molar-refractivity contribution in [2.75, 3.05) is 4.90 Å². The molecule has 0 heterocycles. The molecular weight excluding hydrogens is 603 g/mol. The van der Waals surface area contributed by atoms with Crippen molar-refractivity contribution in [1.29, 1.82) is 0 Å². The van der Waals surface area contributed by atoms with Crippen LogP contribution in [-0.4, -0.2) is 0 Å². The van der Waals surface area contributed by atoms with Crippen LogP contribution in [0.1, 0.15) is 25.0 Å². The summed E-state index contributed by atoms with van der Waals surface area (Å²) in [6.45, 7) is 4.70. The van der Waals surface area contributed by atoms with Crippen LogP contribution in [0, 0.1) is 0 Å². The first-order valence-electron chi connectivity index (χ1n) is 17.5. The van der Waals surface area contributed by atoms with Gasteiger partial charge in [0, 0.05) is 22.4 Å². The average molecular weight is 638 g/mol. The van der Waals surface area contributed by atoms with E-state index in [2.05, 4.69) is 195 Å². The Morgan fingerprint density at radius 1 is 0.360 bits per heavy atom. The number of fused-ring (bicyclic) bond motifs is 9. The molecule has 0 fully saturated rings. The van der Waals surface area contributed by atoms with Crippen LogP contribution in [-0.2, 0) is 5.41 Å². The predicted molar refractivity (Wildman–Crippen MR) is 214 cm³/mol. The minimum Gasteiger partial charge on any atom is -0.310 e. The normalized spacial score (nSPS) is 13.2. The van der Waals surface area contributed by atoms with E-state index in [0.29, 0.717) is 0 Å². The summed E-state index contributed by atoms with van der Waals surface area (Å²) < 4.78 is 0. The van der Waals surface area contributed by atoms with Crippen molar-refractivity contribution in [1.82, 2.24) is 0 Å². The summed E-state index contributed by atoms with van der Waals surface area (Å²) in [6, 6.07) is 65.1. The van der Waals surface area contributed by atoms with Crippen LogP contribution >= 0.6 is 0 Å². The van der Waals surface area contributed by atoms with E-state index in [1.807, 2.05) is 0 Å².